The topological polar surface area (TPSA) is 84.2 Å². The monoisotopic (exact) mass is 389 g/mol. The summed E-state index contributed by atoms with van der Waals surface area (Å²) in [7, 11) is 0. The summed E-state index contributed by atoms with van der Waals surface area (Å²) in [5.74, 6) is -0.448. The number of carbonyl (C=O) groups excluding carboxylic acids is 2. The van der Waals surface area contributed by atoms with Gasteiger partial charge in [0.05, 0.1) is 6.54 Å². The highest BCUT2D eigenvalue weighted by Gasteiger charge is 2.20. The highest BCUT2D eigenvalue weighted by atomic mass is 16.2. The third-order valence-corrected chi connectivity index (χ3v) is 4.95. The molecule has 0 radical (unpaired) electrons. The first-order chi connectivity index (χ1) is 13.7. The molecule has 0 fully saturated rings. The summed E-state index contributed by atoms with van der Waals surface area (Å²) < 4.78 is 0. The van der Waals surface area contributed by atoms with Crippen LogP contribution < -0.4 is 16.4 Å². The van der Waals surface area contributed by atoms with E-state index in [9.17, 15) is 9.59 Å². The number of benzene rings is 1. The van der Waals surface area contributed by atoms with E-state index in [1.807, 2.05) is 30.3 Å². The predicted octanol–water partition coefficient (Wildman–Crippen LogP) is 3.71. The molecule has 1 aromatic rings. The smallest absolute Gasteiger partial charge is 0.242 e. The van der Waals surface area contributed by atoms with Gasteiger partial charge in [-0.3, -0.25) is 9.59 Å². The Morgan fingerprint density at radius 3 is 2.04 bits per heavy atom. The lowest BCUT2D eigenvalue weighted by atomic mass is 10.0. The number of nitrogens with one attached hydrogen (secondary N) is 2. The lowest BCUT2D eigenvalue weighted by Gasteiger charge is -2.18. The van der Waals surface area contributed by atoms with E-state index in [-0.39, 0.29) is 18.4 Å². The van der Waals surface area contributed by atoms with E-state index >= 15 is 0 Å². The standard InChI is InChI=1S/C23H39N3O2/c1-2-3-4-5-6-7-8-9-10-14-17-25-23(28)21(26-22(27)19-24)18-20-15-12-11-13-16-20/h11-13,15-16,21H,2-10,14,17-19,24H2,1H3,(H,25,28)(H,26,27)/t21-/m0/s1. The lowest BCUT2D eigenvalue weighted by Crippen LogP contribution is -2.49. The zero-order chi connectivity index (χ0) is 20.5. The van der Waals surface area contributed by atoms with Crippen molar-refractivity contribution in [3.63, 3.8) is 0 Å². The molecule has 0 aliphatic carbocycles. The van der Waals surface area contributed by atoms with Gasteiger partial charge in [0.25, 0.3) is 0 Å². The van der Waals surface area contributed by atoms with Crippen LogP contribution in [0.4, 0.5) is 0 Å². The van der Waals surface area contributed by atoms with E-state index in [1.165, 1.54) is 51.4 Å². The molecule has 1 aromatic carbocycles. The van der Waals surface area contributed by atoms with Crippen LogP contribution in [-0.2, 0) is 16.0 Å². The van der Waals surface area contributed by atoms with Crippen molar-refractivity contribution >= 4 is 11.8 Å². The first-order valence-electron chi connectivity index (χ1n) is 11.0. The van der Waals surface area contributed by atoms with E-state index in [0.29, 0.717) is 13.0 Å². The molecule has 158 valence electrons. The molecule has 0 unspecified atom stereocenters. The molecule has 5 heteroatoms. The Morgan fingerprint density at radius 2 is 1.46 bits per heavy atom. The van der Waals surface area contributed by atoms with E-state index in [0.717, 1.165) is 18.4 Å². The Morgan fingerprint density at radius 1 is 0.893 bits per heavy atom. The van der Waals surface area contributed by atoms with Gasteiger partial charge in [0.2, 0.25) is 11.8 Å². The Balaban J connectivity index is 2.21. The Labute approximate surface area is 170 Å². The normalized spacial score (nSPS) is 11.8. The molecule has 1 rings (SSSR count). The van der Waals surface area contributed by atoms with Crippen molar-refractivity contribution < 1.29 is 9.59 Å². The van der Waals surface area contributed by atoms with Crippen molar-refractivity contribution in [3.05, 3.63) is 35.9 Å². The number of hydrogen-bond acceptors (Lipinski definition) is 3. The molecule has 0 aliphatic heterocycles. The fourth-order valence-corrected chi connectivity index (χ4v) is 3.26. The summed E-state index contributed by atoms with van der Waals surface area (Å²) in [5, 5.41) is 5.69. The summed E-state index contributed by atoms with van der Waals surface area (Å²) in [6, 6.07) is 9.12. The molecule has 2 amide bonds. The van der Waals surface area contributed by atoms with E-state index in [1.54, 1.807) is 0 Å². The minimum Gasteiger partial charge on any atom is -0.354 e. The van der Waals surface area contributed by atoms with Crippen LogP contribution in [0.5, 0.6) is 0 Å². The molecule has 0 saturated heterocycles. The molecule has 0 bridgehead atoms. The minimum atomic E-state index is -0.582. The van der Waals surface area contributed by atoms with Crippen LogP contribution in [0, 0.1) is 0 Å². The van der Waals surface area contributed by atoms with Gasteiger partial charge in [0.15, 0.2) is 0 Å². The number of unbranched alkanes of at least 4 members (excludes halogenated alkanes) is 9. The molecule has 28 heavy (non-hydrogen) atoms. The zero-order valence-corrected chi connectivity index (χ0v) is 17.6. The van der Waals surface area contributed by atoms with Crippen molar-refractivity contribution in [2.45, 2.75) is 83.6 Å². The van der Waals surface area contributed by atoms with Crippen molar-refractivity contribution in [1.82, 2.24) is 10.6 Å². The van der Waals surface area contributed by atoms with Crippen LogP contribution >= 0.6 is 0 Å². The fourth-order valence-electron chi connectivity index (χ4n) is 3.26. The van der Waals surface area contributed by atoms with Crippen LogP contribution in [0.15, 0.2) is 30.3 Å². The summed E-state index contributed by atoms with van der Waals surface area (Å²) in [6.07, 6.45) is 13.1. The lowest BCUT2D eigenvalue weighted by molar-refractivity contribution is -0.128. The average molecular weight is 390 g/mol. The van der Waals surface area contributed by atoms with E-state index in [2.05, 4.69) is 17.6 Å². The van der Waals surface area contributed by atoms with Crippen molar-refractivity contribution in [2.24, 2.45) is 5.73 Å². The van der Waals surface area contributed by atoms with Gasteiger partial charge in [-0.15, -0.1) is 0 Å². The summed E-state index contributed by atoms with van der Waals surface area (Å²) in [6.45, 7) is 2.78. The van der Waals surface area contributed by atoms with Crippen LogP contribution in [0.1, 0.15) is 76.7 Å². The highest BCUT2D eigenvalue weighted by molar-refractivity contribution is 5.88. The van der Waals surface area contributed by atoms with Crippen molar-refractivity contribution in [1.29, 1.82) is 0 Å². The second-order valence-electron chi connectivity index (χ2n) is 7.49. The maximum absolute atomic E-state index is 12.5. The van der Waals surface area contributed by atoms with Crippen LogP contribution in [0.3, 0.4) is 0 Å². The van der Waals surface area contributed by atoms with Gasteiger partial charge in [-0.05, 0) is 12.0 Å². The molecule has 0 saturated carbocycles. The molecule has 0 aliphatic rings. The van der Waals surface area contributed by atoms with E-state index in [4.69, 9.17) is 5.73 Å². The summed E-state index contributed by atoms with van der Waals surface area (Å²) >= 11 is 0. The zero-order valence-electron chi connectivity index (χ0n) is 17.6. The number of hydrogen-bond donors (Lipinski definition) is 3. The SMILES string of the molecule is CCCCCCCCCCCCNC(=O)[C@H](Cc1ccccc1)NC(=O)CN. The van der Waals surface area contributed by atoms with Gasteiger partial charge >= 0.3 is 0 Å². The van der Waals surface area contributed by atoms with Crippen molar-refractivity contribution in [3.8, 4) is 0 Å². The molecule has 0 heterocycles. The third kappa shape index (κ3) is 11.8. The molecule has 0 spiro atoms. The Bertz CT molecular complexity index is 534. The van der Waals surface area contributed by atoms with Gasteiger partial charge in [-0.2, -0.15) is 0 Å². The largest absolute Gasteiger partial charge is 0.354 e. The third-order valence-electron chi connectivity index (χ3n) is 4.95. The Hall–Kier alpha value is -1.88. The average Bonchev–Trinajstić information content (AvgIpc) is 2.72. The van der Waals surface area contributed by atoms with Crippen molar-refractivity contribution in [2.75, 3.05) is 13.1 Å². The molecule has 1 atom stereocenters. The van der Waals surface area contributed by atoms with Gasteiger partial charge < -0.3 is 16.4 Å². The molecular weight excluding hydrogens is 350 g/mol. The molecule has 0 aromatic heterocycles. The number of amides is 2. The minimum absolute atomic E-state index is 0.114. The van der Waals surface area contributed by atoms with Crippen LogP contribution in [-0.4, -0.2) is 30.9 Å². The van der Waals surface area contributed by atoms with E-state index < -0.39 is 6.04 Å². The van der Waals surface area contributed by atoms with Gasteiger partial charge in [0.1, 0.15) is 6.04 Å². The Kier molecular flexibility index (Phi) is 13.9. The second kappa shape index (κ2) is 16.1. The van der Waals surface area contributed by atoms with Gasteiger partial charge in [-0.25, -0.2) is 0 Å². The summed E-state index contributed by atoms with van der Waals surface area (Å²) in [5.41, 5.74) is 6.40. The fraction of sp³-hybridized carbons (Fsp3) is 0.652. The maximum Gasteiger partial charge on any atom is 0.242 e. The highest BCUT2D eigenvalue weighted by Crippen LogP contribution is 2.10. The van der Waals surface area contributed by atoms with Crippen LogP contribution in [0.2, 0.25) is 0 Å². The molecule has 4 N–H and O–H groups in total. The predicted molar refractivity (Wildman–Crippen MR) is 116 cm³/mol. The number of rotatable bonds is 16. The maximum atomic E-state index is 12.5. The molecule has 5 nitrogen and oxygen atoms in total. The summed E-state index contributed by atoms with van der Waals surface area (Å²) in [4.78, 5) is 24.2. The van der Waals surface area contributed by atoms with Crippen LogP contribution in [0.25, 0.3) is 0 Å². The van der Waals surface area contributed by atoms with Gasteiger partial charge in [-0.1, -0.05) is 95.0 Å². The quantitative estimate of drug-likeness (QED) is 0.377. The molecular formula is C23H39N3O2. The number of nitrogens with two attached hydrogens (primary N) is 1. The van der Waals surface area contributed by atoms with Gasteiger partial charge in [0, 0.05) is 13.0 Å². The first-order valence-corrected chi connectivity index (χ1v) is 11.0. The number of carbonyl (C=O) groups is 2. The first kappa shape index (κ1) is 24.2. The second-order valence-corrected chi connectivity index (χ2v) is 7.49.